The molecular formula is C13H16BrN. The largest absolute Gasteiger partial charge is 0.316 e. The summed E-state index contributed by atoms with van der Waals surface area (Å²) in [6.45, 7) is 2.38. The maximum atomic E-state index is 3.68. The van der Waals surface area contributed by atoms with Gasteiger partial charge < -0.3 is 5.32 Å². The topological polar surface area (TPSA) is 12.0 Å². The molecule has 1 aromatic rings. The highest BCUT2D eigenvalue weighted by atomic mass is 79.9. The number of nitrogens with one attached hydrogen (secondary N) is 1. The molecule has 15 heavy (non-hydrogen) atoms. The van der Waals surface area contributed by atoms with E-state index in [9.17, 15) is 0 Å². The summed E-state index contributed by atoms with van der Waals surface area (Å²) in [4.78, 5) is 0. The predicted octanol–water partition coefficient (Wildman–Crippen LogP) is 3.31. The molecule has 0 bridgehead atoms. The highest BCUT2D eigenvalue weighted by Crippen LogP contribution is 2.54. The van der Waals surface area contributed by atoms with Crippen LogP contribution in [0.5, 0.6) is 0 Å². The maximum absolute atomic E-state index is 3.68. The SMILES string of the molecule is Brc1ccccc1[C@@H]1CNCC12CCC2. The molecule has 1 aliphatic carbocycles. The van der Waals surface area contributed by atoms with Gasteiger partial charge in [0.1, 0.15) is 0 Å². The summed E-state index contributed by atoms with van der Waals surface area (Å²) in [5, 5.41) is 3.57. The first-order valence-electron chi connectivity index (χ1n) is 5.77. The van der Waals surface area contributed by atoms with E-state index in [1.165, 1.54) is 35.8 Å². The van der Waals surface area contributed by atoms with Gasteiger partial charge in [0.2, 0.25) is 0 Å². The molecule has 0 amide bonds. The van der Waals surface area contributed by atoms with Crippen molar-refractivity contribution in [2.45, 2.75) is 25.2 Å². The Kier molecular flexibility index (Phi) is 2.37. The van der Waals surface area contributed by atoms with Gasteiger partial charge in [-0.1, -0.05) is 40.5 Å². The van der Waals surface area contributed by atoms with Crippen LogP contribution in [0.1, 0.15) is 30.7 Å². The second-order valence-corrected chi connectivity index (χ2v) is 5.78. The Hall–Kier alpha value is -0.340. The van der Waals surface area contributed by atoms with E-state index in [4.69, 9.17) is 0 Å². The number of rotatable bonds is 1. The van der Waals surface area contributed by atoms with E-state index in [1.54, 1.807) is 0 Å². The number of halogens is 1. The van der Waals surface area contributed by atoms with Gasteiger partial charge in [-0.05, 0) is 29.9 Å². The summed E-state index contributed by atoms with van der Waals surface area (Å²) < 4.78 is 1.28. The summed E-state index contributed by atoms with van der Waals surface area (Å²) in [6.07, 6.45) is 4.24. The Morgan fingerprint density at radius 3 is 2.73 bits per heavy atom. The molecule has 80 valence electrons. The minimum atomic E-state index is 0.587. The molecule has 0 aromatic heterocycles. The highest BCUT2D eigenvalue weighted by Gasteiger charge is 2.47. The molecule has 1 aliphatic heterocycles. The van der Waals surface area contributed by atoms with Gasteiger partial charge >= 0.3 is 0 Å². The lowest BCUT2D eigenvalue weighted by Crippen LogP contribution is -2.36. The number of hydrogen-bond acceptors (Lipinski definition) is 1. The zero-order valence-electron chi connectivity index (χ0n) is 8.80. The Labute approximate surface area is 99.4 Å². The first-order chi connectivity index (χ1) is 7.32. The molecular weight excluding hydrogens is 250 g/mol. The van der Waals surface area contributed by atoms with Crippen molar-refractivity contribution in [2.24, 2.45) is 5.41 Å². The van der Waals surface area contributed by atoms with Gasteiger partial charge in [-0.25, -0.2) is 0 Å². The van der Waals surface area contributed by atoms with E-state index in [0.29, 0.717) is 5.41 Å². The third kappa shape index (κ3) is 1.46. The summed E-state index contributed by atoms with van der Waals surface area (Å²) in [5.41, 5.74) is 2.09. The lowest BCUT2D eigenvalue weighted by atomic mass is 9.61. The van der Waals surface area contributed by atoms with Crippen LogP contribution in [0.2, 0.25) is 0 Å². The molecule has 1 saturated heterocycles. The monoisotopic (exact) mass is 265 g/mol. The average molecular weight is 266 g/mol. The molecule has 1 atom stereocenters. The number of hydrogen-bond donors (Lipinski definition) is 1. The van der Waals surface area contributed by atoms with Crippen LogP contribution in [0.25, 0.3) is 0 Å². The van der Waals surface area contributed by atoms with E-state index in [-0.39, 0.29) is 0 Å². The Balaban J connectivity index is 1.96. The van der Waals surface area contributed by atoms with Crippen LogP contribution in [0.3, 0.4) is 0 Å². The van der Waals surface area contributed by atoms with Crippen molar-refractivity contribution in [1.29, 1.82) is 0 Å². The van der Waals surface area contributed by atoms with E-state index in [1.807, 2.05) is 0 Å². The standard InChI is InChI=1S/C13H16BrN/c14-12-5-2-1-4-10(12)11-8-15-9-13(11)6-3-7-13/h1-2,4-5,11,15H,3,6-9H2/t11-/m0/s1. The molecule has 2 fully saturated rings. The summed E-state index contributed by atoms with van der Waals surface area (Å²) in [6, 6.07) is 8.70. The molecule has 0 unspecified atom stereocenters. The third-order valence-corrected chi connectivity index (χ3v) is 4.92. The summed E-state index contributed by atoms with van der Waals surface area (Å²) >= 11 is 3.68. The fourth-order valence-electron chi connectivity index (χ4n) is 3.16. The molecule has 3 rings (SSSR count). The minimum Gasteiger partial charge on any atom is -0.316 e. The fraction of sp³-hybridized carbons (Fsp3) is 0.538. The molecule has 1 aromatic carbocycles. The molecule has 0 radical (unpaired) electrons. The van der Waals surface area contributed by atoms with E-state index < -0.39 is 0 Å². The van der Waals surface area contributed by atoms with Gasteiger partial charge in [-0.15, -0.1) is 0 Å². The Morgan fingerprint density at radius 1 is 1.27 bits per heavy atom. The third-order valence-electron chi connectivity index (χ3n) is 4.19. The van der Waals surface area contributed by atoms with Crippen LogP contribution in [0, 0.1) is 5.41 Å². The highest BCUT2D eigenvalue weighted by molar-refractivity contribution is 9.10. The van der Waals surface area contributed by atoms with Gasteiger partial charge in [0.05, 0.1) is 0 Å². The molecule has 2 aliphatic rings. The van der Waals surface area contributed by atoms with Crippen LogP contribution in [0.4, 0.5) is 0 Å². The zero-order valence-corrected chi connectivity index (χ0v) is 10.4. The van der Waals surface area contributed by atoms with Gasteiger partial charge in [0.25, 0.3) is 0 Å². The average Bonchev–Trinajstić information content (AvgIpc) is 2.62. The predicted molar refractivity (Wildman–Crippen MR) is 66.0 cm³/mol. The Bertz CT molecular complexity index is 371. The van der Waals surface area contributed by atoms with Crippen molar-refractivity contribution in [2.75, 3.05) is 13.1 Å². The molecule has 1 nitrogen and oxygen atoms in total. The van der Waals surface area contributed by atoms with E-state index >= 15 is 0 Å². The van der Waals surface area contributed by atoms with Crippen LogP contribution < -0.4 is 5.32 Å². The van der Waals surface area contributed by atoms with Gasteiger partial charge in [-0.2, -0.15) is 0 Å². The van der Waals surface area contributed by atoms with Gasteiger partial charge in [-0.3, -0.25) is 0 Å². The minimum absolute atomic E-state index is 0.587. The lowest BCUT2D eigenvalue weighted by molar-refractivity contribution is 0.137. The zero-order chi connectivity index (χ0) is 10.3. The molecule has 1 saturated carbocycles. The number of benzene rings is 1. The molecule has 2 heteroatoms. The smallest absolute Gasteiger partial charge is 0.0210 e. The van der Waals surface area contributed by atoms with Crippen LogP contribution in [-0.4, -0.2) is 13.1 Å². The van der Waals surface area contributed by atoms with Crippen molar-refractivity contribution in [1.82, 2.24) is 5.32 Å². The summed E-state index contributed by atoms with van der Waals surface area (Å²) in [5.74, 6) is 0.724. The fourth-order valence-corrected chi connectivity index (χ4v) is 3.72. The molecule has 1 spiro atoms. The van der Waals surface area contributed by atoms with Crippen molar-refractivity contribution in [3.8, 4) is 0 Å². The van der Waals surface area contributed by atoms with E-state index in [2.05, 4.69) is 45.5 Å². The summed E-state index contributed by atoms with van der Waals surface area (Å²) in [7, 11) is 0. The first-order valence-corrected chi connectivity index (χ1v) is 6.56. The van der Waals surface area contributed by atoms with Crippen molar-refractivity contribution >= 4 is 15.9 Å². The Morgan fingerprint density at radius 2 is 2.07 bits per heavy atom. The van der Waals surface area contributed by atoms with Crippen molar-refractivity contribution < 1.29 is 0 Å². The normalized spacial score (nSPS) is 27.9. The van der Waals surface area contributed by atoms with Crippen LogP contribution in [0.15, 0.2) is 28.7 Å². The molecule has 1 N–H and O–H groups in total. The molecule has 1 heterocycles. The van der Waals surface area contributed by atoms with Crippen LogP contribution >= 0.6 is 15.9 Å². The van der Waals surface area contributed by atoms with E-state index in [0.717, 1.165) is 12.5 Å². The first kappa shape index (κ1) is 9.86. The van der Waals surface area contributed by atoms with Gasteiger partial charge in [0, 0.05) is 23.5 Å². The second-order valence-electron chi connectivity index (χ2n) is 4.92. The van der Waals surface area contributed by atoms with Gasteiger partial charge in [0.15, 0.2) is 0 Å². The second kappa shape index (κ2) is 3.60. The van der Waals surface area contributed by atoms with Crippen molar-refractivity contribution in [3.05, 3.63) is 34.3 Å². The lowest BCUT2D eigenvalue weighted by Gasteiger charge is -2.43. The maximum Gasteiger partial charge on any atom is 0.0210 e. The quantitative estimate of drug-likeness (QED) is 0.822. The van der Waals surface area contributed by atoms with Crippen LogP contribution in [-0.2, 0) is 0 Å². The van der Waals surface area contributed by atoms with Crippen molar-refractivity contribution in [3.63, 3.8) is 0 Å².